The maximum Gasteiger partial charge on any atom is 0.441 e. The van der Waals surface area contributed by atoms with Crippen molar-refractivity contribution in [3.05, 3.63) is 0 Å². The molecule has 1 fully saturated rings. The molecule has 1 N–H and O–H groups in total. The maximum absolute atomic E-state index is 11.8. The fourth-order valence-corrected chi connectivity index (χ4v) is 2.89. The van der Waals surface area contributed by atoms with Gasteiger partial charge in [0, 0.05) is 18.3 Å². The fraction of sp³-hybridized carbons (Fsp3) is 1.00. The second kappa shape index (κ2) is 6.12. The molecular formula is C8H14F3NS2. The van der Waals surface area contributed by atoms with E-state index in [4.69, 9.17) is 0 Å². The summed E-state index contributed by atoms with van der Waals surface area (Å²) in [6, 6.07) is 0.435. The third kappa shape index (κ3) is 6.03. The van der Waals surface area contributed by atoms with Crippen LogP contribution >= 0.6 is 23.5 Å². The molecule has 0 aromatic rings. The van der Waals surface area contributed by atoms with E-state index in [2.05, 4.69) is 5.32 Å². The van der Waals surface area contributed by atoms with E-state index in [1.807, 2.05) is 11.8 Å². The van der Waals surface area contributed by atoms with Crippen LogP contribution in [0.15, 0.2) is 0 Å². The first kappa shape index (κ1) is 12.5. The van der Waals surface area contributed by atoms with Crippen molar-refractivity contribution in [2.75, 3.05) is 23.8 Å². The van der Waals surface area contributed by atoms with Crippen LogP contribution in [0.25, 0.3) is 0 Å². The molecule has 0 aromatic carbocycles. The van der Waals surface area contributed by atoms with Crippen LogP contribution in [0.4, 0.5) is 13.2 Å². The lowest BCUT2D eigenvalue weighted by atomic mass is 10.1. The summed E-state index contributed by atoms with van der Waals surface area (Å²) < 4.78 is 35.3. The summed E-state index contributed by atoms with van der Waals surface area (Å²) in [7, 11) is 0. The van der Waals surface area contributed by atoms with Gasteiger partial charge in [0.15, 0.2) is 0 Å². The molecule has 1 aliphatic rings. The highest BCUT2D eigenvalue weighted by Crippen LogP contribution is 2.29. The number of halogens is 3. The smallest absolute Gasteiger partial charge is 0.313 e. The first-order valence-corrected chi connectivity index (χ1v) is 6.74. The van der Waals surface area contributed by atoms with Crippen LogP contribution in [0.2, 0.25) is 0 Å². The molecule has 84 valence electrons. The summed E-state index contributed by atoms with van der Waals surface area (Å²) in [6.07, 6.45) is 2.17. The van der Waals surface area contributed by atoms with Gasteiger partial charge in [-0.3, -0.25) is 0 Å². The number of hydrogen-bond acceptors (Lipinski definition) is 3. The lowest BCUT2D eigenvalue weighted by Gasteiger charge is -2.22. The predicted octanol–water partition coefficient (Wildman–Crippen LogP) is 2.72. The lowest BCUT2D eigenvalue weighted by Crippen LogP contribution is -2.34. The monoisotopic (exact) mass is 245 g/mol. The Morgan fingerprint density at radius 1 is 1.29 bits per heavy atom. The predicted molar refractivity (Wildman–Crippen MR) is 56.9 cm³/mol. The van der Waals surface area contributed by atoms with Crippen LogP contribution in [0, 0.1) is 0 Å². The molecule has 1 aliphatic heterocycles. The third-order valence-corrected chi connectivity index (χ3v) is 3.81. The summed E-state index contributed by atoms with van der Waals surface area (Å²) >= 11 is 1.97. The van der Waals surface area contributed by atoms with Gasteiger partial charge < -0.3 is 5.32 Å². The van der Waals surface area contributed by atoms with Gasteiger partial charge in [-0.2, -0.15) is 24.9 Å². The Morgan fingerprint density at radius 3 is 2.50 bits per heavy atom. The minimum Gasteiger partial charge on any atom is -0.313 e. The van der Waals surface area contributed by atoms with Crippen molar-refractivity contribution in [1.82, 2.24) is 5.32 Å². The minimum absolute atomic E-state index is 0.0544. The fourth-order valence-electron chi connectivity index (χ4n) is 1.33. The molecule has 0 aliphatic carbocycles. The largest absolute Gasteiger partial charge is 0.441 e. The molecule has 0 amide bonds. The second-order valence-corrected chi connectivity index (χ2v) is 5.52. The van der Waals surface area contributed by atoms with Gasteiger partial charge in [0.2, 0.25) is 0 Å². The summed E-state index contributed by atoms with van der Waals surface area (Å²) in [4.78, 5) is 0. The number of thioether (sulfide) groups is 2. The first-order chi connectivity index (χ1) is 6.58. The Labute approximate surface area is 90.6 Å². The summed E-state index contributed by atoms with van der Waals surface area (Å²) in [5.74, 6) is 2.38. The highest BCUT2D eigenvalue weighted by molar-refractivity contribution is 8.00. The molecule has 1 rings (SSSR count). The van der Waals surface area contributed by atoms with Crippen LogP contribution in [-0.4, -0.2) is 35.4 Å². The Balaban J connectivity index is 1.97. The molecule has 1 nitrogen and oxygen atoms in total. The normalized spacial score (nSPS) is 19.9. The summed E-state index contributed by atoms with van der Waals surface area (Å²) in [6.45, 7) is 0.458. The highest BCUT2D eigenvalue weighted by atomic mass is 32.2. The van der Waals surface area contributed by atoms with Gasteiger partial charge in [0.25, 0.3) is 0 Å². The van der Waals surface area contributed by atoms with E-state index in [-0.39, 0.29) is 17.5 Å². The number of nitrogens with one attached hydrogen (secondary N) is 1. The van der Waals surface area contributed by atoms with Gasteiger partial charge in [0.1, 0.15) is 0 Å². The molecule has 0 spiro atoms. The van der Waals surface area contributed by atoms with Crippen LogP contribution in [0.1, 0.15) is 12.8 Å². The van der Waals surface area contributed by atoms with Crippen LogP contribution < -0.4 is 5.32 Å². The van der Waals surface area contributed by atoms with E-state index in [1.54, 1.807) is 0 Å². The third-order valence-electron chi connectivity index (χ3n) is 2.02. The first-order valence-electron chi connectivity index (χ1n) is 4.60. The second-order valence-electron chi connectivity index (χ2n) is 3.13. The average molecular weight is 245 g/mol. The van der Waals surface area contributed by atoms with Crippen molar-refractivity contribution in [3.8, 4) is 0 Å². The number of alkyl halides is 3. The van der Waals surface area contributed by atoms with Crippen LogP contribution in [0.5, 0.6) is 0 Å². The van der Waals surface area contributed by atoms with E-state index in [1.165, 1.54) is 0 Å². The molecule has 0 unspecified atom stereocenters. The van der Waals surface area contributed by atoms with E-state index in [9.17, 15) is 13.2 Å². The zero-order valence-corrected chi connectivity index (χ0v) is 9.40. The topological polar surface area (TPSA) is 12.0 Å². The highest BCUT2D eigenvalue weighted by Gasteiger charge is 2.27. The van der Waals surface area contributed by atoms with Crippen molar-refractivity contribution in [3.63, 3.8) is 0 Å². The lowest BCUT2D eigenvalue weighted by molar-refractivity contribution is -0.0327. The zero-order chi connectivity index (χ0) is 10.4. The van der Waals surface area contributed by atoms with Crippen LogP contribution in [-0.2, 0) is 0 Å². The van der Waals surface area contributed by atoms with Crippen molar-refractivity contribution in [2.24, 2.45) is 0 Å². The summed E-state index contributed by atoms with van der Waals surface area (Å²) in [5.41, 5.74) is -4.08. The molecule has 1 heterocycles. The quantitative estimate of drug-likeness (QED) is 0.765. The number of hydrogen-bond donors (Lipinski definition) is 1. The Bertz CT molecular complexity index is 157. The van der Waals surface area contributed by atoms with E-state index >= 15 is 0 Å². The minimum atomic E-state index is -4.08. The van der Waals surface area contributed by atoms with Gasteiger partial charge in [-0.05, 0) is 36.1 Å². The van der Waals surface area contributed by atoms with Gasteiger partial charge in [-0.1, -0.05) is 0 Å². The van der Waals surface area contributed by atoms with Gasteiger partial charge >= 0.3 is 5.51 Å². The molecule has 14 heavy (non-hydrogen) atoms. The molecule has 0 bridgehead atoms. The van der Waals surface area contributed by atoms with Crippen molar-refractivity contribution in [1.29, 1.82) is 0 Å². The van der Waals surface area contributed by atoms with Gasteiger partial charge in [-0.15, -0.1) is 0 Å². The standard InChI is InChI=1S/C8H14F3NS2/c9-8(10,11)14-6-3-12-7-1-4-13-5-2-7/h7,12H,1-6H2. The molecular weight excluding hydrogens is 231 g/mol. The SMILES string of the molecule is FC(F)(F)SCCNC1CCSCC1. The summed E-state index contributed by atoms with van der Waals surface area (Å²) in [5, 5.41) is 3.16. The average Bonchev–Trinajstić information content (AvgIpc) is 2.13. The zero-order valence-electron chi connectivity index (χ0n) is 7.77. The van der Waals surface area contributed by atoms with Crippen molar-refractivity contribution in [2.45, 2.75) is 24.4 Å². The van der Waals surface area contributed by atoms with Gasteiger partial charge in [-0.25, -0.2) is 0 Å². The molecule has 0 radical (unpaired) electrons. The van der Waals surface area contributed by atoms with E-state index < -0.39 is 5.51 Å². The van der Waals surface area contributed by atoms with Gasteiger partial charge in [0.05, 0.1) is 0 Å². The Hall–Kier alpha value is 0.450. The molecule has 0 aromatic heterocycles. The molecule has 1 saturated heterocycles. The maximum atomic E-state index is 11.8. The number of rotatable bonds is 4. The molecule has 0 atom stereocenters. The van der Waals surface area contributed by atoms with E-state index in [0.717, 1.165) is 24.3 Å². The molecule has 6 heteroatoms. The molecule has 0 saturated carbocycles. The van der Waals surface area contributed by atoms with E-state index in [0.29, 0.717) is 12.6 Å². The van der Waals surface area contributed by atoms with Crippen LogP contribution in [0.3, 0.4) is 0 Å². The van der Waals surface area contributed by atoms with Crippen molar-refractivity contribution < 1.29 is 13.2 Å². The Morgan fingerprint density at radius 2 is 1.93 bits per heavy atom. The Kier molecular flexibility index (Phi) is 5.48. The van der Waals surface area contributed by atoms with Crippen molar-refractivity contribution >= 4 is 23.5 Å².